The first kappa shape index (κ1) is 10.4. The van der Waals surface area contributed by atoms with Crippen LogP contribution in [-0.2, 0) is 9.84 Å². The van der Waals surface area contributed by atoms with E-state index in [-0.39, 0.29) is 5.25 Å². The molecular formula is C12H14O2S. The Balaban J connectivity index is 2.28. The summed E-state index contributed by atoms with van der Waals surface area (Å²) in [6.07, 6.45) is 1.64. The predicted octanol–water partition coefficient (Wildman–Crippen LogP) is 2.62. The molecule has 0 aliphatic heterocycles. The molecule has 0 heterocycles. The van der Waals surface area contributed by atoms with Crippen molar-refractivity contribution >= 4 is 15.4 Å². The Morgan fingerprint density at radius 2 is 1.87 bits per heavy atom. The molecular weight excluding hydrogens is 208 g/mol. The fourth-order valence-electron chi connectivity index (χ4n) is 1.51. The molecule has 0 radical (unpaired) electrons. The maximum Gasteiger partial charge on any atom is 0.174 e. The molecule has 0 atom stereocenters. The summed E-state index contributed by atoms with van der Waals surface area (Å²) >= 11 is 0. The third kappa shape index (κ3) is 2.48. The molecule has 1 aliphatic carbocycles. The average Bonchev–Trinajstić information content (AvgIpc) is 3.01. The van der Waals surface area contributed by atoms with E-state index in [4.69, 9.17) is 0 Å². The lowest BCUT2D eigenvalue weighted by Crippen LogP contribution is -2.02. The van der Waals surface area contributed by atoms with E-state index in [0.717, 1.165) is 24.0 Å². The van der Waals surface area contributed by atoms with E-state index in [1.807, 2.05) is 37.3 Å². The molecule has 0 unspecified atom stereocenters. The second kappa shape index (κ2) is 3.81. The first-order valence-corrected chi connectivity index (χ1v) is 6.68. The van der Waals surface area contributed by atoms with Crippen molar-refractivity contribution in [2.24, 2.45) is 0 Å². The molecule has 0 aromatic heterocycles. The van der Waals surface area contributed by atoms with Gasteiger partial charge in [-0.25, -0.2) is 8.42 Å². The summed E-state index contributed by atoms with van der Waals surface area (Å²) in [5.74, 6) is 0. The van der Waals surface area contributed by atoms with E-state index in [2.05, 4.69) is 0 Å². The van der Waals surface area contributed by atoms with Crippen molar-refractivity contribution in [1.29, 1.82) is 0 Å². The number of hydrogen-bond acceptors (Lipinski definition) is 2. The lowest BCUT2D eigenvalue weighted by Gasteiger charge is -2.01. The van der Waals surface area contributed by atoms with E-state index in [9.17, 15) is 8.42 Å². The quantitative estimate of drug-likeness (QED) is 0.787. The van der Waals surface area contributed by atoms with Crippen molar-refractivity contribution in [2.75, 3.05) is 0 Å². The fraction of sp³-hybridized carbons (Fsp3) is 0.333. The van der Waals surface area contributed by atoms with Crippen molar-refractivity contribution in [3.63, 3.8) is 0 Å². The second-order valence-electron chi connectivity index (χ2n) is 3.96. The standard InChI is InChI=1S/C12H14O2S/c1-10(11-5-3-2-4-6-11)9-15(13,14)12-7-8-12/h2-6,9,12H,7-8H2,1H3. The molecule has 15 heavy (non-hydrogen) atoms. The van der Waals surface area contributed by atoms with Gasteiger partial charge in [0, 0.05) is 5.41 Å². The molecule has 0 N–H and O–H groups in total. The van der Waals surface area contributed by atoms with Gasteiger partial charge in [0.2, 0.25) is 0 Å². The lowest BCUT2D eigenvalue weighted by molar-refractivity contribution is 0.603. The van der Waals surface area contributed by atoms with E-state index in [0.29, 0.717) is 0 Å². The molecule has 80 valence electrons. The molecule has 1 aromatic carbocycles. The minimum atomic E-state index is -3.00. The zero-order valence-corrected chi connectivity index (χ0v) is 9.50. The van der Waals surface area contributed by atoms with Crippen LogP contribution in [0.15, 0.2) is 35.7 Å². The molecule has 2 rings (SSSR count). The first-order valence-electron chi connectivity index (χ1n) is 5.07. The van der Waals surface area contributed by atoms with Crippen molar-refractivity contribution in [2.45, 2.75) is 25.0 Å². The molecule has 1 saturated carbocycles. The maximum atomic E-state index is 11.7. The van der Waals surface area contributed by atoms with E-state index < -0.39 is 9.84 Å². The summed E-state index contributed by atoms with van der Waals surface area (Å²) in [6.45, 7) is 1.84. The van der Waals surface area contributed by atoms with Gasteiger partial charge in [-0.3, -0.25) is 0 Å². The van der Waals surface area contributed by atoms with Gasteiger partial charge in [0.15, 0.2) is 9.84 Å². The molecule has 0 bridgehead atoms. The molecule has 0 amide bonds. The highest BCUT2D eigenvalue weighted by atomic mass is 32.2. The second-order valence-corrected chi connectivity index (χ2v) is 6.04. The van der Waals surface area contributed by atoms with Gasteiger partial charge in [-0.15, -0.1) is 0 Å². The summed E-state index contributed by atoms with van der Waals surface area (Å²) < 4.78 is 23.4. The zero-order valence-electron chi connectivity index (χ0n) is 8.68. The van der Waals surface area contributed by atoms with Crippen LogP contribution in [0.3, 0.4) is 0 Å². The van der Waals surface area contributed by atoms with Crippen LogP contribution in [0.2, 0.25) is 0 Å². The van der Waals surface area contributed by atoms with Crippen LogP contribution >= 0.6 is 0 Å². The van der Waals surface area contributed by atoms with Gasteiger partial charge in [0.1, 0.15) is 0 Å². The number of sulfone groups is 1. The molecule has 0 saturated heterocycles. The van der Waals surface area contributed by atoms with Gasteiger partial charge in [0.05, 0.1) is 5.25 Å². The normalized spacial score (nSPS) is 17.8. The Hall–Kier alpha value is -1.09. The Kier molecular flexibility index (Phi) is 2.65. The van der Waals surface area contributed by atoms with E-state index >= 15 is 0 Å². The molecule has 2 nitrogen and oxygen atoms in total. The molecule has 3 heteroatoms. The van der Waals surface area contributed by atoms with Gasteiger partial charge in [-0.2, -0.15) is 0 Å². The van der Waals surface area contributed by atoms with Crippen LogP contribution in [0.4, 0.5) is 0 Å². The summed E-state index contributed by atoms with van der Waals surface area (Å²) in [5, 5.41) is 1.30. The summed E-state index contributed by atoms with van der Waals surface area (Å²) in [5.41, 5.74) is 1.80. The van der Waals surface area contributed by atoms with Crippen molar-refractivity contribution in [1.82, 2.24) is 0 Å². The summed E-state index contributed by atoms with van der Waals surface area (Å²) in [7, 11) is -3.00. The van der Waals surface area contributed by atoms with Gasteiger partial charge < -0.3 is 0 Å². The number of benzene rings is 1. The highest BCUT2D eigenvalue weighted by Gasteiger charge is 2.34. The summed E-state index contributed by atoms with van der Waals surface area (Å²) in [6, 6.07) is 9.60. The van der Waals surface area contributed by atoms with Crippen LogP contribution in [0, 0.1) is 0 Å². The average molecular weight is 222 g/mol. The minimum Gasteiger partial charge on any atom is -0.224 e. The molecule has 1 aliphatic rings. The zero-order chi connectivity index (χ0) is 10.9. The Morgan fingerprint density at radius 1 is 1.27 bits per heavy atom. The highest BCUT2D eigenvalue weighted by Crippen LogP contribution is 2.31. The van der Waals surface area contributed by atoms with Crippen molar-refractivity contribution in [3.05, 3.63) is 41.3 Å². The molecule has 0 spiro atoms. The number of rotatable bonds is 3. The summed E-state index contributed by atoms with van der Waals surface area (Å²) in [4.78, 5) is 0. The third-order valence-corrected chi connectivity index (χ3v) is 4.64. The monoisotopic (exact) mass is 222 g/mol. The predicted molar refractivity (Wildman–Crippen MR) is 62.0 cm³/mol. The highest BCUT2D eigenvalue weighted by molar-refractivity contribution is 7.95. The van der Waals surface area contributed by atoms with Crippen LogP contribution in [0.5, 0.6) is 0 Å². The Bertz CT molecular complexity index is 468. The maximum absolute atomic E-state index is 11.7. The Labute approximate surface area is 90.6 Å². The number of allylic oxidation sites excluding steroid dienone is 1. The first-order chi connectivity index (χ1) is 7.09. The van der Waals surface area contributed by atoms with Crippen LogP contribution in [0.25, 0.3) is 5.57 Å². The lowest BCUT2D eigenvalue weighted by atomic mass is 10.1. The SMILES string of the molecule is CC(=CS(=O)(=O)C1CC1)c1ccccc1. The van der Waals surface area contributed by atoms with Crippen LogP contribution in [-0.4, -0.2) is 13.7 Å². The van der Waals surface area contributed by atoms with E-state index in [1.54, 1.807) is 0 Å². The van der Waals surface area contributed by atoms with Crippen LogP contribution in [0.1, 0.15) is 25.3 Å². The van der Waals surface area contributed by atoms with Gasteiger partial charge in [0.25, 0.3) is 0 Å². The molecule has 1 fully saturated rings. The van der Waals surface area contributed by atoms with E-state index in [1.165, 1.54) is 5.41 Å². The van der Waals surface area contributed by atoms with Gasteiger partial charge in [-0.1, -0.05) is 30.3 Å². The Morgan fingerprint density at radius 3 is 2.40 bits per heavy atom. The minimum absolute atomic E-state index is 0.115. The van der Waals surface area contributed by atoms with Crippen LogP contribution < -0.4 is 0 Å². The van der Waals surface area contributed by atoms with Crippen molar-refractivity contribution < 1.29 is 8.42 Å². The topological polar surface area (TPSA) is 34.1 Å². The largest absolute Gasteiger partial charge is 0.224 e. The third-order valence-electron chi connectivity index (χ3n) is 2.56. The number of hydrogen-bond donors (Lipinski definition) is 0. The molecule has 1 aromatic rings. The smallest absolute Gasteiger partial charge is 0.174 e. The van der Waals surface area contributed by atoms with Gasteiger partial charge >= 0.3 is 0 Å². The fourth-order valence-corrected chi connectivity index (χ4v) is 3.12. The van der Waals surface area contributed by atoms with Crippen molar-refractivity contribution in [3.8, 4) is 0 Å². The van der Waals surface area contributed by atoms with Gasteiger partial charge in [-0.05, 0) is 30.9 Å².